The topological polar surface area (TPSA) is 64.6 Å². The van der Waals surface area contributed by atoms with Crippen molar-refractivity contribution in [3.63, 3.8) is 0 Å². The minimum atomic E-state index is -0.720. The molecule has 0 fully saturated rings. The van der Waals surface area contributed by atoms with Gasteiger partial charge in [-0.2, -0.15) is 0 Å². The molecule has 0 aliphatic rings. The lowest BCUT2D eigenvalue weighted by atomic mass is 10.1. The molecular weight excluding hydrogens is 366 g/mol. The van der Waals surface area contributed by atoms with Crippen molar-refractivity contribution in [2.75, 3.05) is 0 Å². The highest BCUT2D eigenvalue weighted by Gasteiger charge is 2.18. The maximum Gasteiger partial charge on any atom is 0.408 e. The fourth-order valence-corrected chi connectivity index (χ4v) is 2.74. The molecule has 0 aliphatic heterocycles. The zero-order valence-electron chi connectivity index (χ0n) is 16.2. The van der Waals surface area contributed by atoms with Crippen LogP contribution < -0.4 is 10.1 Å². The Morgan fingerprint density at radius 3 is 2.10 bits per heavy atom. The molecule has 0 aliphatic carbocycles. The summed E-state index contributed by atoms with van der Waals surface area (Å²) in [6.45, 7) is 2.19. The van der Waals surface area contributed by atoms with Gasteiger partial charge in [0, 0.05) is 5.56 Å². The maximum atomic E-state index is 12.7. The van der Waals surface area contributed by atoms with Crippen molar-refractivity contribution in [2.24, 2.45) is 0 Å². The first-order valence-corrected chi connectivity index (χ1v) is 9.40. The van der Waals surface area contributed by atoms with E-state index in [2.05, 4.69) is 5.32 Å². The van der Waals surface area contributed by atoms with Crippen LogP contribution in [0.4, 0.5) is 4.79 Å². The van der Waals surface area contributed by atoms with Crippen molar-refractivity contribution in [1.82, 2.24) is 5.32 Å². The number of ketones is 1. The average Bonchev–Trinajstić information content (AvgIpc) is 2.77. The lowest BCUT2D eigenvalue weighted by Gasteiger charge is -2.14. The lowest BCUT2D eigenvalue weighted by molar-refractivity contribution is 0.0926. The smallest absolute Gasteiger partial charge is 0.408 e. The molecule has 29 heavy (non-hydrogen) atoms. The van der Waals surface area contributed by atoms with Crippen LogP contribution in [0.25, 0.3) is 0 Å². The molecule has 3 aromatic carbocycles. The van der Waals surface area contributed by atoms with E-state index < -0.39 is 12.1 Å². The Morgan fingerprint density at radius 2 is 1.45 bits per heavy atom. The zero-order chi connectivity index (χ0) is 20.5. The van der Waals surface area contributed by atoms with E-state index in [1.54, 1.807) is 31.2 Å². The summed E-state index contributed by atoms with van der Waals surface area (Å²) < 4.78 is 10.9. The van der Waals surface area contributed by atoms with Crippen molar-refractivity contribution in [2.45, 2.75) is 26.2 Å². The van der Waals surface area contributed by atoms with Gasteiger partial charge in [0.25, 0.3) is 0 Å². The molecule has 3 aromatic rings. The minimum Gasteiger partial charge on any atom is -0.489 e. The number of carbonyl (C=O) groups is 2. The second kappa shape index (κ2) is 10.1. The molecule has 5 nitrogen and oxygen atoms in total. The Balaban J connectivity index is 1.52. The molecule has 0 bridgehead atoms. The van der Waals surface area contributed by atoms with Crippen molar-refractivity contribution < 1.29 is 19.1 Å². The summed E-state index contributed by atoms with van der Waals surface area (Å²) >= 11 is 0. The summed E-state index contributed by atoms with van der Waals surface area (Å²) in [5.41, 5.74) is 2.39. The molecule has 1 atom stereocenters. The van der Waals surface area contributed by atoms with Gasteiger partial charge in [0.1, 0.15) is 19.0 Å². The second-order valence-electron chi connectivity index (χ2n) is 6.59. The number of alkyl carbamates (subject to hydrolysis) is 1. The predicted molar refractivity (Wildman–Crippen MR) is 111 cm³/mol. The number of carbonyl (C=O) groups excluding carboxylic acids is 2. The molecule has 0 saturated heterocycles. The van der Waals surface area contributed by atoms with Crippen LogP contribution in [0.5, 0.6) is 5.75 Å². The first kappa shape index (κ1) is 20.1. The third-order valence-corrected chi connectivity index (χ3v) is 4.31. The monoisotopic (exact) mass is 389 g/mol. The van der Waals surface area contributed by atoms with Gasteiger partial charge in [-0.3, -0.25) is 4.79 Å². The van der Waals surface area contributed by atoms with E-state index in [0.717, 1.165) is 11.1 Å². The molecule has 148 valence electrons. The molecule has 0 radical (unpaired) electrons. The van der Waals surface area contributed by atoms with Gasteiger partial charge < -0.3 is 14.8 Å². The molecule has 0 unspecified atom stereocenters. The molecule has 3 rings (SSSR count). The first-order valence-electron chi connectivity index (χ1n) is 9.40. The highest BCUT2D eigenvalue weighted by Crippen LogP contribution is 2.16. The van der Waals surface area contributed by atoms with Gasteiger partial charge in [0.15, 0.2) is 5.78 Å². The van der Waals surface area contributed by atoms with Gasteiger partial charge in [-0.1, -0.05) is 72.8 Å². The van der Waals surface area contributed by atoms with Crippen molar-refractivity contribution >= 4 is 11.9 Å². The van der Waals surface area contributed by atoms with E-state index in [9.17, 15) is 9.59 Å². The van der Waals surface area contributed by atoms with Crippen molar-refractivity contribution in [1.29, 1.82) is 0 Å². The van der Waals surface area contributed by atoms with Gasteiger partial charge in [-0.15, -0.1) is 0 Å². The fourth-order valence-electron chi connectivity index (χ4n) is 2.74. The van der Waals surface area contributed by atoms with Gasteiger partial charge in [-0.25, -0.2) is 4.79 Å². The van der Waals surface area contributed by atoms with Crippen molar-refractivity contribution in [3.05, 3.63) is 102 Å². The van der Waals surface area contributed by atoms with Crippen LogP contribution >= 0.6 is 0 Å². The molecule has 1 N–H and O–H groups in total. The fraction of sp³-hybridized carbons (Fsp3) is 0.167. The minimum absolute atomic E-state index is 0.149. The number of Topliss-reactive ketones (excluding diaryl/α,β-unsaturated/α-hetero) is 1. The summed E-state index contributed by atoms with van der Waals surface area (Å²) in [6.07, 6.45) is -0.633. The molecule has 0 aromatic heterocycles. The van der Waals surface area contributed by atoms with Crippen LogP contribution in [-0.4, -0.2) is 17.9 Å². The SMILES string of the molecule is C[C@@H](NC(=O)OCc1ccccc1)C(=O)c1cccc(OCc2ccccc2)c1. The Hall–Kier alpha value is -3.60. The van der Waals surface area contributed by atoms with E-state index in [1.807, 2.05) is 60.7 Å². The number of hydrogen-bond donors (Lipinski definition) is 1. The van der Waals surface area contributed by atoms with E-state index in [0.29, 0.717) is 17.9 Å². The number of nitrogens with one attached hydrogen (secondary N) is 1. The van der Waals surface area contributed by atoms with E-state index in [1.165, 1.54) is 0 Å². The zero-order valence-corrected chi connectivity index (χ0v) is 16.2. The van der Waals surface area contributed by atoms with Crippen LogP contribution in [-0.2, 0) is 18.0 Å². The van der Waals surface area contributed by atoms with Crippen LogP contribution in [0.3, 0.4) is 0 Å². The standard InChI is InChI=1S/C24H23NO4/c1-18(25-24(27)29-17-20-11-6-3-7-12-20)23(26)21-13-8-14-22(15-21)28-16-19-9-4-2-5-10-19/h2-15,18H,16-17H2,1H3,(H,25,27)/t18-/m1/s1. The first-order chi connectivity index (χ1) is 14.1. The van der Waals surface area contributed by atoms with Crippen LogP contribution in [0, 0.1) is 0 Å². The third-order valence-electron chi connectivity index (χ3n) is 4.31. The highest BCUT2D eigenvalue weighted by atomic mass is 16.5. The molecule has 0 saturated carbocycles. The molecular formula is C24H23NO4. The summed E-state index contributed by atoms with van der Waals surface area (Å²) in [6, 6.07) is 25.4. The quantitative estimate of drug-likeness (QED) is 0.564. The van der Waals surface area contributed by atoms with Gasteiger partial charge >= 0.3 is 6.09 Å². The van der Waals surface area contributed by atoms with Crippen LogP contribution in [0.1, 0.15) is 28.4 Å². The average molecular weight is 389 g/mol. The van der Waals surface area contributed by atoms with Gasteiger partial charge in [0.2, 0.25) is 0 Å². The Labute approximate surface area is 170 Å². The highest BCUT2D eigenvalue weighted by molar-refractivity contribution is 6.01. The molecule has 5 heteroatoms. The second-order valence-corrected chi connectivity index (χ2v) is 6.59. The van der Waals surface area contributed by atoms with Crippen LogP contribution in [0.15, 0.2) is 84.9 Å². The summed E-state index contributed by atoms with van der Waals surface area (Å²) in [7, 11) is 0. The largest absolute Gasteiger partial charge is 0.489 e. The third kappa shape index (κ3) is 6.21. The lowest BCUT2D eigenvalue weighted by Crippen LogP contribution is -2.38. The number of ether oxygens (including phenoxy) is 2. The normalized spacial score (nSPS) is 11.3. The molecule has 0 heterocycles. The van der Waals surface area contributed by atoms with Gasteiger partial charge in [0.05, 0.1) is 6.04 Å². The summed E-state index contributed by atoms with van der Waals surface area (Å²) in [4.78, 5) is 24.6. The molecule has 1 amide bonds. The maximum absolute atomic E-state index is 12.7. The predicted octanol–water partition coefficient (Wildman–Crippen LogP) is 4.76. The Bertz CT molecular complexity index is 941. The van der Waals surface area contributed by atoms with E-state index >= 15 is 0 Å². The summed E-state index contributed by atoms with van der Waals surface area (Å²) in [5, 5.41) is 2.57. The number of hydrogen-bond acceptors (Lipinski definition) is 4. The molecule has 0 spiro atoms. The Kier molecular flexibility index (Phi) is 7.00. The van der Waals surface area contributed by atoms with Gasteiger partial charge in [-0.05, 0) is 30.2 Å². The van der Waals surface area contributed by atoms with Crippen molar-refractivity contribution in [3.8, 4) is 5.75 Å². The number of amides is 1. The number of benzene rings is 3. The number of rotatable bonds is 8. The van der Waals surface area contributed by atoms with E-state index in [-0.39, 0.29) is 12.4 Å². The van der Waals surface area contributed by atoms with Crippen LogP contribution in [0.2, 0.25) is 0 Å². The van der Waals surface area contributed by atoms with E-state index in [4.69, 9.17) is 9.47 Å². The summed E-state index contributed by atoms with van der Waals surface area (Å²) in [5.74, 6) is 0.380. The Morgan fingerprint density at radius 1 is 0.828 bits per heavy atom.